The van der Waals surface area contributed by atoms with Gasteiger partial charge in [0.2, 0.25) is 0 Å². The van der Waals surface area contributed by atoms with Crippen LogP contribution in [0.4, 0.5) is 10.5 Å². The Bertz CT molecular complexity index is 1220. The van der Waals surface area contributed by atoms with Crippen LogP contribution in [0.3, 0.4) is 0 Å². The van der Waals surface area contributed by atoms with Crippen molar-refractivity contribution in [3.63, 3.8) is 0 Å². The molecule has 0 bridgehead atoms. The maximum atomic E-state index is 13.2. The van der Waals surface area contributed by atoms with Crippen LogP contribution in [0, 0.1) is 18.3 Å². The van der Waals surface area contributed by atoms with Gasteiger partial charge in [0.15, 0.2) is 0 Å². The number of amides is 3. The van der Waals surface area contributed by atoms with E-state index in [1.165, 1.54) is 5.56 Å². The van der Waals surface area contributed by atoms with Gasteiger partial charge in [0.05, 0.1) is 11.6 Å². The first kappa shape index (κ1) is 24.0. The van der Waals surface area contributed by atoms with Crippen molar-refractivity contribution in [1.82, 2.24) is 9.80 Å². The van der Waals surface area contributed by atoms with Gasteiger partial charge in [-0.15, -0.1) is 0 Å². The smallest absolute Gasteiger partial charge is 0.321 e. The third-order valence-electron chi connectivity index (χ3n) is 6.63. The van der Waals surface area contributed by atoms with Gasteiger partial charge in [-0.3, -0.25) is 4.79 Å². The van der Waals surface area contributed by atoms with E-state index in [1.807, 2.05) is 78.6 Å². The molecule has 6 nitrogen and oxygen atoms in total. The molecule has 3 aromatic rings. The highest BCUT2D eigenvalue weighted by Crippen LogP contribution is 2.29. The fraction of sp³-hybridized carbons (Fsp3) is 0.276. The highest BCUT2D eigenvalue weighted by Gasteiger charge is 2.25. The normalized spacial score (nSPS) is 13.7. The molecule has 3 aromatic carbocycles. The summed E-state index contributed by atoms with van der Waals surface area (Å²) in [6, 6.07) is 25.0. The SMILES string of the molecule is Cc1ccc(C(=O)N2CCC(c3ccc(C#N)cc3)CC2)cc1NC(=O)N(C)Cc1ccccc1. The van der Waals surface area contributed by atoms with E-state index >= 15 is 0 Å². The number of benzene rings is 3. The Morgan fingerprint density at radius 2 is 1.71 bits per heavy atom. The van der Waals surface area contributed by atoms with Crippen molar-refractivity contribution in [3.8, 4) is 6.07 Å². The second-order valence-electron chi connectivity index (χ2n) is 9.10. The molecule has 0 radical (unpaired) electrons. The molecule has 1 saturated heterocycles. The maximum absolute atomic E-state index is 13.2. The molecule has 3 amide bonds. The van der Waals surface area contributed by atoms with Gasteiger partial charge in [0, 0.05) is 37.9 Å². The van der Waals surface area contributed by atoms with Gasteiger partial charge in [-0.1, -0.05) is 48.5 Å². The van der Waals surface area contributed by atoms with Crippen LogP contribution in [0.2, 0.25) is 0 Å². The first-order chi connectivity index (χ1) is 16.9. The Labute approximate surface area is 206 Å². The lowest BCUT2D eigenvalue weighted by Crippen LogP contribution is -2.38. The predicted octanol–water partition coefficient (Wildman–Crippen LogP) is 5.55. The van der Waals surface area contributed by atoms with Crippen molar-refractivity contribution in [2.75, 3.05) is 25.5 Å². The van der Waals surface area contributed by atoms with Crippen molar-refractivity contribution >= 4 is 17.6 Å². The van der Waals surface area contributed by atoms with Gasteiger partial charge in [0.25, 0.3) is 5.91 Å². The molecule has 0 saturated carbocycles. The number of carbonyl (C=O) groups excluding carboxylic acids is 2. The van der Waals surface area contributed by atoms with Crippen LogP contribution >= 0.6 is 0 Å². The number of rotatable bonds is 5. The molecule has 6 heteroatoms. The minimum atomic E-state index is -0.218. The zero-order valence-electron chi connectivity index (χ0n) is 20.2. The first-order valence-corrected chi connectivity index (χ1v) is 11.9. The summed E-state index contributed by atoms with van der Waals surface area (Å²) in [5.41, 5.74) is 5.06. The molecule has 1 fully saturated rings. The average molecular weight is 467 g/mol. The molecular weight excluding hydrogens is 436 g/mol. The third-order valence-corrected chi connectivity index (χ3v) is 6.63. The Hall–Kier alpha value is -4.11. The summed E-state index contributed by atoms with van der Waals surface area (Å²) in [7, 11) is 1.75. The molecule has 0 aliphatic carbocycles. The number of likely N-dealkylation sites (tertiary alicyclic amines) is 1. The van der Waals surface area contributed by atoms with Crippen LogP contribution in [0.15, 0.2) is 72.8 Å². The van der Waals surface area contributed by atoms with Crippen LogP contribution in [0.25, 0.3) is 0 Å². The predicted molar refractivity (Wildman–Crippen MR) is 137 cm³/mol. The van der Waals surface area contributed by atoms with E-state index in [2.05, 4.69) is 11.4 Å². The summed E-state index contributed by atoms with van der Waals surface area (Å²) in [5.74, 6) is 0.372. The molecule has 1 heterocycles. The largest absolute Gasteiger partial charge is 0.339 e. The average Bonchev–Trinajstić information content (AvgIpc) is 2.90. The molecule has 1 aliphatic heterocycles. The van der Waals surface area contributed by atoms with Crippen molar-refractivity contribution in [2.24, 2.45) is 0 Å². The fourth-order valence-electron chi connectivity index (χ4n) is 4.46. The molecule has 1 N–H and O–H groups in total. The number of hydrogen-bond acceptors (Lipinski definition) is 3. The molecule has 1 aliphatic rings. The van der Waals surface area contributed by atoms with Gasteiger partial charge < -0.3 is 15.1 Å². The molecule has 0 spiro atoms. The quantitative estimate of drug-likeness (QED) is 0.536. The van der Waals surface area contributed by atoms with Crippen LogP contribution < -0.4 is 5.32 Å². The maximum Gasteiger partial charge on any atom is 0.321 e. The topological polar surface area (TPSA) is 76.4 Å². The highest BCUT2D eigenvalue weighted by atomic mass is 16.2. The van der Waals surface area contributed by atoms with Gasteiger partial charge >= 0.3 is 6.03 Å². The Morgan fingerprint density at radius 3 is 2.37 bits per heavy atom. The molecule has 35 heavy (non-hydrogen) atoms. The van der Waals surface area contributed by atoms with Crippen molar-refractivity contribution in [3.05, 3.63) is 101 Å². The highest BCUT2D eigenvalue weighted by molar-refractivity contribution is 5.97. The third kappa shape index (κ3) is 5.88. The van der Waals surface area contributed by atoms with Crippen molar-refractivity contribution < 1.29 is 9.59 Å². The standard InChI is InChI=1S/C29H30N4O2/c1-21-8-11-26(18-27(21)31-29(35)32(2)20-23-6-4-3-5-7-23)28(34)33-16-14-25(15-17-33)24-12-9-22(19-30)10-13-24/h3-13,18,25H,14-17,20H2,1-2H3,(H,31,35). The van der Waals surface area contributed by atoms with Gasteiger partial charge in [-0.05, 0) is 66.6 Å². The zero-order valence-corrected chi connectivity index (χ0v) is 20.2. The summed E-state index contributed by atoms with van der Waals surface area (Å²) in [6.07, 6.45) is 1.77. The van der Waals surface area contributed by atoms with Crippen LogP contribution in [-0.4, -0.2) is 41.9 Å². The number of nitrogens with zero attached hydrogens (tertiary/aromatic N) is 3. The minimum Gasteiger partial charge on any atom is -0.339 e. The lowest BCUT2D eigenvalue weighted by molar-refractivity contribution is 0.0713. The Balaban J connectivity index is 1.37. The molecule has 0 aromatic heterocycles. The number of urea groups is 1. The zero-order chi connectivity index (χ0) is 24.8. The number of hydrogen-bond donors (Lipinski definition) is 1. The number of nitriles is 1. The van der Waals surface area contributed by atoms with Crippen LogP contribution in [0.1, 0.15) is 51.4 Å². The van der Waals surface area contributed by atoms with E-state index in [-0.39, 0.29) is 11.9 Å². The van der Waals surface area contributed by atoms with Crippen LogP contribution in [0.5, 0.6) is 0 Å². The Kier molecular flexibility index (Phi) is 7.47. The first-order valence-electron chi connectivity index (χ1n) is 11.9. The van der Waals surface area contributed by atoms with E-state index in [0.29, 0.717) is 42.4 Å². The fourth-order valence-corrected chi connectivity index (χ4v) is 4.46. The number of aryl methyl sites for hydroxylation is 1. The monoisotopic (exact) mass is 466 g/mol. The van der Waals surface area contributed by atoms with Crippen LogP contribution in [-0.2, 0) is 6.54 Å². The molecular formula is C29H30N4O2. The second kappa shape index (κ2) is 10.9. The van der Waals surface area contributed by atoms with Gasteiger partial charge in [-0.25, -0.2) is 4.79 Å². The molecule has 0 unspecified atom stereocenters. The molecule has 0 atom stereocenters. The van der Waals surface area contributed by atoms with Gasteiger partial charge in [0.1, 0.15) is 0 Å². The van der Waals surface area contributed by atoms with Crippen molar-refractivity contribution in [2.45, 2.75) is 32.2 Å². The minimum absolute atomic E-state index is 0.0172. The Morgan fingerprint density at radius 1 is 1.03 bits per heavy atom. The van der Waals surface area contributed by atoms with E-state index < -0.39 is 0 Å². The van der Waals surface area contributed by atoms with E-state index in [1.54, 1.807) is 18.0 Å². The van der Waals surface area contributed by atoms with E-state index in [0.717, 1.165) is 24.0 Å². The van der Waals surface area contributed by atoms with E-state index in [4.69, 9.17) is 5.26 Å². The van der Waals surface area contributed by atoms with Crippen molar-refractivity contribution in [1.29, 1.82) is 5.26 Å². The summed E-state index contributed by atoms with van der Waals surface area (Å²) in [4.78, 5) is 29.5. The van der Waals surface area contributed by atoms with Gasteiger partial charge in [-0.2, -0.15) is 5.26 Å². The molecule has 178 valence electrons. The summed E-state index contributed by atoms with van der Waals surface area (Å²) >= 11 is 0. The second-order valence-corrected chi connectivity index (χ2v) is 9.10. The van der Waals surface area contributed by atoms with E-state index in [9.17, 15) is 9.59 Å². The summed E-state index contributed by atoms with van der Waals surface area (Å²) < 4.78 is 0. The number of carbonyl (C=O) groups is 2. The molecule has 4 rings (SSSR count). The number of piperidine rings is 1. The lowest BCUT2D eigenvalue weighted by atomic mass is 9.89. The lowest BCUT2D eigenvalue weighted by Gasteiger charge is -2.32. The summed E-state index contributed by atoms with van der Waals surface area (Å²) in [6.45, 7) is 3.78. The number of nitrogens with one attached hydrogen (secondary N) is 1. The summed E-state index contributed by atoms with van der Waals surface area (Å²) in [5, 5.41) is 12.0. The number of anilines is 1.